The third-order valence-corrected chi connectivity index (χ3v) is 4.15. The van der Waals surface area contributed by atoms with Crippen LogP contribution in [0.25, 0.3) is 17.2 Å². The minimum absolute atomic E-state index is 0.467. The summed E-state index contributed by atoms with van der Waals surface area (Å²) in [5.74, 6) is -5.88. The molecule has 3 aromatic carbocycles. The number of benzene rings is 3. The number of hydrogen-bond acceptors (Lipinski definition) is 2. The number of carbonyl (C=O) groups excluding carboxylic acids is 2. The van der Waals surface area contributed by atoms with Crippen molar-refractivity contribution in [3.8, 4) is 11.1 Å². The van der Waals surface area contributed by atoms with Gasteiger partial charge in [-0.05, 0) is 41.0 Å². The largest absolute Gasteiger partial charge is 0.343 e. The van der Waals surface area contributed by atoms with E-state index in [0.29, 0.717) is 6.07 Å². The van der Waals surface area contributed by atoms with Crippen LogP contribution in [0.2, 0.25) is 0 Å². The van der Waals surface area contributed by atoms with Gasteiger partial charge < -0.3 is 10.6 Å². The highest BCUT2D eigenvalue weighted by atomic mass is 19.2. The molecule has 2 amide bonds. The van der Waals surface area contributed by atoms with Crippen LogP contribution in [-0.4, -0.2) is 18.4 Å². The maximum absolute atomic E-state index is 13.6. The van der Waals surface area contributed by atoms with Crippen LogP contribution in [0.5, 0.6) is 0 Å². The van der Waals surface area contributed by atoms with E-state index in [1.54, 1.807) is 6.08 Å². The summed E-state index contributed by atoms with van der Waals surface area (Å²) >= 11 is 0. The molecule has 0 radical (unpaired) electrons. The van der Waals surface area contributed by atoms with Crippen LogP contribution in [-0.2, 0) is 9.59 Å². The topological polar surface area (TPSA) is 58.2 Å². The van der Waals surface area contributed by atoms with Gasteiger partial charge in [0.2, 0.25) is 11.8 Å². The fourth-order valence-electron chi connectivity index (χ4n) is 2.67. The first-order valence-electron chi connectivity index (χ1n) is 8.99. The lowest BCUT2D eigenvalue weighted by Gasteiger charge is -2.07. The Morgan fingerprint density at radius 2 is 1.57 bits per heavy atom. The smallest absolute Gasteiger partial charge is 0.244 e. The summed E-state index contributed by atoms with van der Waals surface area (Å²) in [5, 5.41) is 4.41. The first kappa shape index (κ1) is 20.9. The van der Waals surface area contributed by atoms with Gasteiger partial charge >= 0.3 is 0 Å². The molecule has 30 heavy (non-hydrogen) atoms. The molecule has 3 rings (SSSR count). The zero-order chi connectivity index (χ0) is 21.5. The van der Waals surface area contributed by atoms with Crippen LogP contribution in [0.15, 0.2) is 72.8 Å². The number of carbonyl (C=O) groups is 2. The van der Waals surface area contributed by atoms with Gasteiger partial charge in [0.25, 0.3) is 0 Å². The summed E-state index contributed by atoms with van der Waals surface area (Å²) in [6.45, 7) is -0.467. The monoisotopic (exact) mass is 410 g/mol. The van der Waals surface area contributed by atoms with E-state index >= 15 is 0 Å². The minimum Gasteiger partial charge on any atom is -0.343 e. The van der Waals surface area contributed by atoms with Crippen molar-refractivity contribution in [1.82, 2.24) is 5.32 Å². The van der Waals surface area contributed by atoms with Gasteiger partial charge in [0.15, 0.2) is 17.5 Å². The van der Waals surface area contributed by atoms with Crippen LogP contribution in [0, 0.1) is 17.5 Å². The van der Waals surface area contributed by atoms with E-state index in [-0.39, 0.29) is 0 Å². The second kappa shape index (κ2) is 9.56. The molecule has 0 aliphatic rings. The van der Waals surface area contributed by atoms with Crippen molar-refractivity contribution in [2.24, 2.45) is 0 Å². The zero-order valence-corrected chi connectivity index (χ0v) is 15.7. The molecule has 0 unspecified atom stereocenters. The van der Waals surface area contributed by atoms with E-state index in [0.717, 1.165) is 22.8 Å². The first-order valence-corrected chi connectivity index (χ1v) is 8.99. The van der Waals surface area contributed by atoms with Crippen LogP contribution in [0.3, 0.4) is 0 Å². The molecule has 152 valence electrons. The maximum Gasteiger partial charge on any atom is 0.244 e. The van der Waals surface area contributed by atoms with Gasteiger partial charge in [-0.2, -0.15) is 0 Å². The molecule has 2 N–H and O–H groups in total. The number of rotatable bonds is 6. The normalized spacial score (nSPS) is 10.8. The lowest BCUT2D eigenvalue weighted by atomic mass is 10.0. The van der Waals surface area contributed by atoms with Crippen molar-refractivity contribution in [2.45, 2.75) is 0 Å². The SMILES string of the molecule is O=C(/C=C/c1cccc(-c2ccccc2)c1)NCC(=O)Nc1ccc(F)c(F)c1F. The Morgan fingerprint density at radius 1 is 0.833 bits per heavy atom. The molecule has 0 spiro atoms. The molecule has 0 aliphatic carbocycles. The standard InChI is InChI=1S/C23H17F3N2O2/c24-18-10-11-19(23(26)22(18)25)28-21(30)14-27-20(29)12-9-15-5-4-8-17(13-15)16-6-2-1-3-7-16/h1-13H,14H2,(H,27,29)(H,28,30)/b12-9+. The summed E-state index contributed by atoms with van der Waals surface area (Å²) in [7, 11) is 0. The van der Waals surface area contributed by atoms with Crippen molar-refractivity contribution in [3.63, 3.8) is 0 Å². The average molecular weight is 410 g/mol. The van der Waals surface area contributed by atoms with Crippen molar-refractivity contribution in [1.29, 1.82) is 0 Å². The van der Waals surface area contributed by atoms with Crippen LogP contribution in [0.1, 0.15) is 5.56 Å². The number of anilines is 1. The molecule has 0 atom stereocenters. The van der Waals surface area contributed by atoms with E-state index < -0.39 is 41.5 Å². The van der Waals surface area contributed by atoms with E-state index in [2.05, 4.69) is 10.6 Å². The highest BCUT2D eigenvalue weighted by Gasteiger charge is 2.15. The second-order valence-electron chi connectivity index (χ2n) is 6.31. The van der Waals surface area contributed by atoms with Gasteiger partial charge in [-0.1, -0.05) is 48.5 Å². The molecule has 3 aromatic rings. The predicted octanol–water partition coefficient (Wildman–Crippen LogP) is 4.54. The van der Waals surface area contributed by atoms with Gasteiger partial charge in [-0.15, -0.1) is 0 Å². The molecule has 7 heteroatoms. The Labute approximate surface area is 171 Å². The third kappa shape index (κ3) is 5.35. The molecule has 0 aromatic heterocycles. The van der Waals surface area contributed by atoms with Crippen molar-refractivity contribution >= 4 is 23.6 Å². The summed E-state index contributed by atoms with van der Waals surface area (Å²) in [5.41, 5.74) is 2.31. The second-order valence-corrected chi connectivity index (χ2v) is 6.31. The first-order chi connectivity index (χ1) is 14.4. The van der Waals surface area contributed by atoms with Crippen molar-refractivity contribution in [2.75, 3.05) is 11.9 Å². The van der Waals surface area contributed by atoms with Gasteiger partial charge in [-0.25, -0.2) is 13.2 Å². The van der Waals surface area contributed by atoms with E-state index in [1.807, 2.05) is 54.6 Å². The van der Waals surface area contributed by atoms with Gasteiger partial charge in [0.05, 0.1) is 12.2 Å². The maximum atomic E-state index is 13.6. The summed E-state index contributed by atoms with van der Waals surface area (Å²) in [6.07, 6.45) is 2.85. The van der Waals surface area contributed by atoms with Crippen LogP contribution < -0.4 is 10.6 Å². The highest BCUT2D eigenvalue weighted by molar-refractivity contribution is 5.98. The van der Waals surface area contributed by atoms with Crippen LogP contribution in [0.4, 0.5) is 18.9 Å². The molecule has 0 saturated carbocycles. The molecular weight excluding hydrogens is 393 g/mol. The van der Waals surface area contributed by atoms with E-state index in [4.69, 9.17) is 0 Å². The number of amides is 2. The molecule has 0 heterocycles. The lowest BCUT2D eigenvalue weighted by molar-refractivity contribution is -0.121. The molecule has 4 nitrogen and oxygen atoms in total. The number of hydrogen-bond donors (Lipinski definition) is 2. The van der Waals surface area contributed by atoms with Crippen molar-refractivity contribution in [3.05, 3.63) is 95.8 Å². The Balaban J connectivity index is 1.55. The molecule has 0 bridgehead atoms. The molecule has 0 saturated heterocycles. The lowest BCUT2D eigenvalue weighted by Crippen LogP contribution is -2.32. The fraction of sp³-hybridized carbons (Fsp3) is 0.0435. The third-order valence-electron chi connectivity index (χ3n) is 4.15. The van der Waals surface area contributed by atoms with Crippen molar-refractivity contribution < 1.29 is 22.8 Å². The van der Waals surface area contributed by atoms with E-state index in [1.165, 1.54) is 6.08 Å². The summed E-state index contributed by atoms with van der Waals surface area (Å²) in [6, 6.07) is 18.9. The number of halogens is 3. The Kier molecular flexibility index (Phi) is 6.64. The zero-order valence-electron chi connectivity index (χ0n) is 15.7. The minimum atomic E-state index is -1.68. The summed E-state index contributed by atoms with van der Waals surface area (Å²) < 4.78 is 39.6. The summed E-state index contributed by atoms with van der Waals surface area (Å²) in [4.78, 5) is 23.7. The Morgan fingerprint density at radius 3 is 2.33 bits per heavy atom. The molecule has 0 aliphatic heterocycles. The Bertz CT molecular complexity index is 1100. The van der Waals surface area contributed by atoms with E-state index in [9.17, 15) is 22.8 Å². The Hall–Kier alpha value is -3.87. The van der Waals surface area contributed by atoms with Gasteiger partial charge in [-0.3, -0.25) is 9.59 Å². The average Bonchev–Trinajstić information content (AvgIpc) is 2.77. The van der Waals surface area contributed by atoms with Gasteiger partial charge in [0.1, 0.15) is 0 Å². The number of nitrogens with one attached hydrogen (secondary N) is 2. The predicted molar refractivity (Wildman–Crippen MR) is 109 cm³/mol. The van der Waals surface area contributed by atoms with Gasteiger partial charge in [0, 0.05) is 6.08 Å². The molecule has 0 fully saturated rings. The molecular formula is C23H17F3N2O2. The fourth-order valence-corrected chi connectivity index (χ4v) is 2.67. The van der Waals surface area contributed by atoms with Crippen LogP contribution >= 0.6 is 0 Å². The quantitative estimate of drug-likeness (QED) is 0.463. The highest BCUT2D eigenvalue weighted by Crippen LogP contribution is 2.21.